The third-order valence-electron chi connectivity index (χ3n) is 4.09. The van der Waals surface area contributed by atoms with Gasteiger partial charge in [-0.1, -0.05) is 29.8 Å². The second kappa shape index (κ2) is 6.35. The lowest BCUT2D eigenvalue weighted by Gasteiger charge is -2.33. The Morgan fingerprint density at radius 3 is 2.62 bits per heavy atom. The van der Waals surface area contributed by atoms with Crippen molar-refractivity contribution in [1.82, 2.24) is 0 Å². The van der Waals surface area contributed by atoms with Crippen LogP contribution in [0.3, 0.4) is 0 Å². The van der Waals surface area contributed by atoms with Crippen molar-refractivity contribution in [2.75, 3.05) is 16.8 Å². The lowest BCUT2D eigenvalue weighted by atomic mass is 10.1. The fourth-order valence-corrected chi connectivity index (χ4v) is 2.84. The van der Waals surface area contributed by atoms with Crippen molar-refractivity contribution in [2.24, 2.45) is 0 Å². The average molecular weight is 324 g/mol. The lowest BCUT2D eigenvalue weighted by molar-refractivity contribution is -0.123. The SMILES string of the molecule is CC(=O)N1C[C@H](C(=O)Nc2ccc(C)cc2C)Oc2ccccc21. The Kier molecular flexibility index (Phi) is 4.25. The molecule has 2 aromatic rings. The maximum absolute atomic E-state index is 12.6. The topological polar surface area (TPSA) is 58.6 Å². The molecule has 1 N–H and O–H groups in total. The predicted molar refractivity (Wildman–Crippen MR) is 93.4 cm³/mol. The third kappa shape index (κ3) is 3.11. The summed E-state index contributed by atoms with van der Waals surface area (Å²) in [5.74, 6) is 0.164. The molecule has 3 rings (SSSR count). The number of benzene rings is 2. The van der Waals surface area contributed by atoms with Crippen LogP contribution in [-0.4, -0.2) is 24.5 Å². The number of fused-ring (bicyclic) bond motifs is 1. The number of rotatable bonds is 2. The molecule has 2 amide bonds. The number of para-hydroxylation sites is 2. The van der Waals surface area contributed by atoms with Crippen LogP contribution in [0.25, 0.3) is 0 Å². The summed E-state index contributed by atoms with van der Waals surface area (Å²) in [5.41, 5.74) is 3.57. The van der Waals surface area contributed by atoms with Gasteiger partial charge in [-0.25, -0.2) is 0 Å². The molecule has 2 aromatic carbocycles. The molecule has 1 heterocycles. The Hall–Kier alpha value is -2.82. The van der Waals surface area contributed by atoms with E-state index in [1.54, 1.807) is 11.0 Å². The van der Waals surface area contributed by atoms with Gasteiger partial charge in [0.2, 0.25) is 5.91 Å². The monoisotopic (exact) mass is 324 g/mol. The highest BCUT2D eigenvalue weighted by Crippen LogP contribution is 2.33. The van der Waals surface area contributed by atoms with Gasteiger partial charge in [-0.3, -0.25) is 9.59 Å². The minimum absolute atomic E-state index is 0.116. The van der Waals surface area contributed by atoms with Crippen LogP contribution in [-0.2, 0) is 9.59 Å². The molecule has 1 atom stereocenters. The summed E-state index contributed by atoms with van der Waals surface area (Å²) in [4.78, 5) is 26.1. The summed E-state index contributed by atoms with van der Waals surface area (Å²) in [6.45, 7) is 5.64. The Morgan fingerprint density at radius 1 is 1.17 bits per heavy atom. The smallest absolute Gasteiger partial charge is 0.267 e. The first-order valence-electron chi connectivity index (χ1n) is 7.87. The number of nitrogens with zero attached hydrogens (tertiary/aromatic N) is 1. The van der Waals surface area contributed by atoms with Crippen LogP contribution in [0.2, 0.25) is 0 Å². The predicted octanol–water partition coefficient (Wildman–Crippen LogP) is 3.06. The van der Waals surface area contributed by atoms with Gasteiger partial charge in [0.15, 0.2) is 6.10 Å². The molecule has 0 aliphatic carbocycles. The number of hydrogen-bond acceptors (Lipinski definition) is 3. The first-order valence-corrected chi connectivity index (χ1v) is 7.87. The summed E-state index contributed by atoms with van der Waals surface area (Å²) in [6.07, 6.45) is -0.746. The molecule has 0 saturated heterocycles. The molecule has 0 fully saturated rings. The average Bonchev–Trinajstić information content (AvgIpc) is 2.56. The van der Waals surface area contributed by atoms with Gasteiger partial charge >= 0.3 is 0 Å². The summed E-state index contributed by atoms with van der Waals surface area (Å²) in [6, 6.07) is 13.1. The number of hydrogen-bond donors (Lipinski definition) is 1. The van der Waals surface area contributed by atoms with Crippen molar-refractivity contribution >= 4 is 23.2 Å². The molecular formula is C19H20N2O3. The summed E-state index contributed by atoms with van der Waals surface area (Å²) < 4.78 is 5.80. The molecule has 0 aromatic heterocycles. The highest BCUT2D eigenvalue weighted by atomic mass is 16.5. The van der Waals surface area contributed by atoms with Gasteiger partial charge in [-0.2, -0.15) is 0 Å². The molecular weight excluding hydrogens is 304 g/mol. The van der Waals surface area contributed by atoms with Crippen molar-refractivity contribution in [3.63, 3.8) is 0 Å². The molecule has 5 nitrogen and oxygen atoms in total. The van der Waals surface area contributed by atoms with Gasteiger partial charge in [0.25, 0.3) is 5.91 Å². The Balaban J connectivity index is 1.82. The first kappa shape index (κ1) is 16.1. The van der Waals surface area contributed by atoms with Gasteiger partial charge in [-0.05, 0) is 37.6 Å². The number of carbonyl (C=O) groups is 2. The second-order valence-corrected chi connectivity index (χ2v) is 6.01. The van der Waals surface area contributed by atoms with Crippen molar-refractivity contribution in [1.29, 1.82) is 0 Å². The third-order valence-corrected chi connectivity index (χ3v) is 4.09. The number of anilines is 2. The highest BCUT2D eigenvalue weighted by Gasteiger charge is 2.32. The normalized spacial score (nSPS) is 16.1. The Morgan fingerprint density at radius 2 is 1.92 bits per heavy atom. The minimum Gasteiger partial charge on any atom is -0.476 e. The quantitative estimate of drug-likeness (QED) is 0.923. The molecule has 0 bridgehead atoms. The van der Waals surface area contributed by atoms with E-state index in [0.29, 0.717) is 11.4 Å². The van der Waals surface area contributed by atoms with Crippen LogP contribution in [0, 0.1) is 13.8 Å². The van der Waals surface area contributed by atoms with E-state index in [4.69, 9.17) is 4.74 Å². The van der Waals surface area contributed by atoms with Crippen LogP contribution in [0.5, 0.6) is 5.75 Å². The Bertz CT molecular complexity index is 801. The van der Waals surface area contributed by atoms with Crippen molar-refractivity contribution < 1.29 is 14.3 Å². The molecule has 0 radical (unpaired) electrons. The zero-order chi connectivity index (χ0) is 17.3. The van der Waals surface area contributed by atoms with Gasteiger partial charge in [0.1, 0.15) is 5.75 Å². The van der Waals surface area contributed by atoms with Crippen LogP contribution >= 0.6 is 0 Å². The van der Waals surface area contributed by atoms with E-state index in [0.717, 1.165) is 16.8 Å². The van der Waals surface area contributed by atoms with Crippen LogP contribution in [0.15, 0.2) is 42.5 Å². The van der Waals surface area contributed by atoms with Crippen LogP contribution in [0.1, 0.15) is 18.1 Å². The molecule has 24 heavy (non-hydrogen) atoms. The van der Waals surface area contributed by atoms with Gasteiger partial charge in [0.05, 0.1) is 12.2 Å². The van der Waals surface area contributed by atoms with Gasteiger partial charge in [-0.15, -0.1) is 0 Å². The zero-order valence-corrected chi connectivity index (χ0v) is 14.0. The van der Waals surface area contributed by atoms with E-state index >= 15 is 0 Å². The van der Waals surface area contributed by atoms with E-state index < -0.39 is 6.10 Å². The molecule has 0 saturated carbocycles. The van der Waals surface area contributed by atoms with E-state index in [1.807, 2.05) is 50.2 Å². The van der Waals surface area contributed by atoms with Crippen LogP contribution < -0.4 is 15.0 Å². The van der Waals surface area contributed by atoms with E-state index in [1.165, 1.54) is 6.92 Å². The van der Waals surface area contributed by atoms with Gasteiger partial charge in [0, 0.05) is 12.6 Å². The second-order valence-electron chi connectivity index (χ2n) is 6.01. The maximum atomic E-state index is 12.6. The van der Waals surface area contributed by atoms with Gasteiger partial charge < -0.3 is 15.0 Å². The fraction of sp³-hybridized carbons (Fsp3) is 0.263. The Labute approximate surface area is 141 Å². The summed E-state index contributed by atoms with van der Waals surface area (Å²) in [7, 11) is 0. The molecule has 1 aliphatic rings. The summed E-state index contributed by atoms with van der Waals surface area (Å²) >= 11 is 0. The number of ether oxygens (including phenoxy) is 1. The molecule has 1 aliphatic heterocycles. The van der Waals surface area contributed by atoms with Crippen molar-refractivity contribution in [2.45, 2.75) is 26.9 Å². The lowest BCUT2D eigenvalue weighted by Crippen LogP contribution is -2.48. The van der Waals surface area contributed by atoms with Crippen LogP contribution in [0.4, 0.5) is 11.4 Å². The zero-order valence-electron chi connectivity index (χ0n) is 14.0. The van der Waals surface area contributed by atoms with Crippen molar-refractivity contribution in [3.8, 4) is 5.75 Å². The summed E-state index contributed by atoms with van der Waals surface area (Å²) in [5, 5.41) is 2.90. The number of nitrogens with one attached hydrogen (secondary N) is 1. The largest absolute Gasteiger partial charge is 0.476 e. The molecule has 124 valence electrons. The number of aryl methyl sites for hydroxylation is 2. The first-order chi connectivity index (χ1) is 11.5. The highest BCUT2D eigenvalue weighted by molar-refractivity contribution is 5.99. The number of amides is 2. The fourth-order valence-electron chi connectivity index (χ4n) is 2.84. The standard InChI is InChI=1S/C19H20N2O3/c1-12-8-9-15(13(2)10-12)20-19(23)18-11-21(14(3)22)16-6-4-5-7-17(16)24-18/h4-10,18H,11H2,1-3H3,(H,20,23)/t18-/m1/s1. The maximum Gasteiger partial charge on any atom is 0.267 e. The van der Waals surface area contributed by atoms with Crippen molar-refractivity contribution in [3.05, 3.63) is 53.6 Å². The molecule has 0 spiro atoms. The number of carbonyl (C=O) groups excluding carboxylic acids is 2. The minimum atomic E-state index is -0.746. The molecule has 0 unspecified atom stereocenters. The molecule has 5 heteroatoms. The van der Waals surface area contributed by atoms with E-state index in [-0.39, 0.29) is 18.4 Å². The van der Waals surface area contributed by atoms with E-state index in [9.17, 15) is 9.59 Å². The van der Waals surface area contributed by atoms with E-state index in [2.05, 4.69) is 5.32 Å².